The van der Waals surface area contributed by atoms with Gasteiger partial charge >= 0.3 is 0 Å². The van der Waals surface area contributed by atoms with Crippen molar-refractivity contribution >= 4 is 0 Å². The van der Waals surface area contributed by atoms with Crippen molar-refractivity contribution in [3.8, 4) is 23.3 Å². The van der Waals surface area contributed by atoms with Gasteiger partial charge in [0.05, 0.1) is 12.7 Å². The minimum Gasteiger partial charge on any atom is -0.493 e. The molecule has 1 heterocycles. The second kappa shape index (κ2) is 6.49. The second-order valence-electron chi connectivity index (χ2n) is 4.94. The molecule has 0 spiro atoms. The maximum atomic E-state index is 9.15. The lowest BCUT2D eigenvalue weighted by Crippen LogP contribution is -2.40. The first-order chi connectivity index (χ1) is 9.67. The third kappa shape index (κ3) is 3.55. The summed E-state index contributed by atoms with van der Waals surface area (Å²) in [4.78, 5) is 0. The molecule has 0 saturated carbocycles. The van der Waals surface area contributed by atoms with Crippen molar-refractivity contribution in [2.45, 2.75) is 32.2 Å². The molecule has 0 aliphatic carbocycles. The monoisotopic (exact) mass is 276 g/mol. The van der Waals surface area contributed by atoms with Crippen LogP contribution in [0.25, 0.3) is 0 Å². The first-order valence-electron chi connectivity index (χ1n) is 6.85. The van der Waals surface area contributed by atoms with Gasteiger partial charge in [-0.3, -0.25) is 5.32 Å². The second-order valence-corrected chi connectivity index (χ2v) is 4.94. The van der Waals surface area contributed by atoms with E-state index in [1.165, 1.54) is 0 Å². The summed E-state index contributed by atoms with van der Waals surface area (Å²) in [5, 5.41) is 12.3. The van der Waals surface area contributed by atoms with Gasteiger partial charge in [0.2, 0.25) is 6.79 Å². The molecule has 5 nitrogen and oxygen atoms in total. The number of hydrogen-bond acceptors (Lipinski definition) is 5. The molecule has 1 aromatic rings. The van der Waals surface area contributed by atoms with E-state index in [0.29, 0.717) is 6.61 Å². The SMILES string of the molecule is CCNC(C)(C#N)CCCOc1ccc2c(c1)OCO2. The van der Waals surface area contributed by atoms with Gasteiger partial charge in [-0.25, -0.2) is 0 Å². The molecule has 1 aromatic carbocycles. The number of nitriles is 1. The predicted octanol–water partition coefficient (Wildman–Crippen LogP) is 2.47. The van der Waals surface area contributed by atoms with Crippen LogP contribution < -0.4 is 19.5 Å². The lowest BCUT2D eigenvalue weighted by atomic mass is 9.98. The van der Waals surface area contributed by atoms with Gasteiger partial charge in [0.25, 0.3) is 0 Å². The molecule has 1 unspecified atom stereocenters. The summed E-state index contributed by atoms with van der Waals surface area (Å²) < 4.78 is 16.2. The molecular weight excluding hydrogens is 256 g/mol. The fourth-order valence-corrected chi connectivity index (χ4v) is 2.16. The summed E-state index contributed by atoms with van der Waals surface area (Å²) in [5.74, 6) is 2.23. The molecule has 108 valence electrons. The summed E-state index contributed by atoms with van der Waals surface area (Å²) in [6.45, 7) is 5.53. The number of rotatable bonds is 7. The topological polar surface area (TPSA) is 63.5 Å². The third-order valence-electron chi connectivity index (χ3n) is 3.25. The quantitative estimate of drug-likeness (QED) is 0.775. The lowest BCUT2D eigenvalue weighted by molar-refractivity contribution is 0.173. The van der Waals surface area contributed by atoms with Crippen LogP contribution in [0.2, 0.25) is 0 Å². The highest BCUT2D eigenvalue weighted by atomic mass is 16.7. The van der Waals surface area contributed by atoms with Crippen LogP contribution in [0.4, 0.5) is 0 Å². The smallest absolute Gasteiger partial charge is 0.231 e. The van der Waals surface area contributed by atoms with Crippen LogP contribution in [0.5, 0.6) is 17.2 Å². The molecule has 0 radical (unpaired) electrons. The van der Waals surface area contributed by atoms with Crippen molar-refractivity contribution in [3.05, 3.63) is 18.2 Å². The van der Waals surface area contributed by atoms with Crippen molar-refractivity contribution in [2.24, 2.45) is 0 Å². The molecule has 0 fully saturated rings. The molecule has 1 aliphatic heterocycles. The Labute approximate surface area is 119 Å². The number of benzene rings is 1. The predicted molar refractivity (Wildman–Crippen MR) is 75.0 cm³/mol. The Morgan fingerprint density at radius 2 is 2.20 bits per heavy atom. The zero-order valence-electron chi connectivity index (χ0n) is 11.9. The zero-order valence-corrected chi connectivity index (χ0v) is 11.9. The Balaban J connectivity index is 1.77. The number of fused-ring (bicyclic) bond motifs is 1. The fourth-order valence-electron chi connectivity index (χ4n) is 2.16. The largest absolute Gasteiger partial charge is 0.493 e. The molecular formula is C15H20N2O3. The molecule has 5 heteroatoms. The molecule has 1 N–H and O–H groups in total. The fraction of sp³-hybridized carbons (Fsp3) is 0.533. The molecule has 1 aliphatic rings. The van der Waals surface area contributed by atoms with Crippen molar-refractivity contribution in [1.82, 2.24) is 5.32 Å². The van der Waals surface area contributed by atoms with E-state index in [2.05, 4.69) is 11.4 Å². The summed E-state index contributed by atoms with van der Waals surface area (Å²) in [6.07, 6.45) is 1.56. The first-order valence-corrected chi connectivity index (χ1v) is 6.85. The highest BCUT2D eigenvalue weighted by Crippen LogP contribution is 2.35. The van der Waals surface area contributed by atoms with E-state index in [-0.39, 0.29) is 6.79 Å². The van der Waals surface area contributed by atoms with Gasteiger partial charge in [-0.15, -0.1) is 0 Å². The van der Waals surface area contributed by atoms with E-state index in [9.17, 15) is 0 Å². The van der Waals surface area contributed by atoms with Crippen LogP contribution in [0.3, 0.4) is 0 Å². The minimum absolute atomic E-state index is 0.266. The summed E-state index contributed by atoms with van der Waals surface area (Å²) in [5.41, 5.74) is -0.479. The van der Waals surface area contributed by atoms with Crippen molar-refractivity contribution in [3.63, 3.8) is 0 Å². The first kappa shape index (κ1) is 14.5. The summed E-state index contributed by atoms with van der Waals surface area (Å²) in [7, 11) is 0. The third-order valence-corrected chi connectivity index (χ3v) is 3.25. The highest BCUT2D eigenvalue weighted by Gasteiger charge is 2.21. The van der Waals surface area contributed by atoms with Crippen molar-refractivity contribution in [1.29, 1.82) is 5.26 Å². The molecule has 0 aromatic heterocycles. The standard InChI is InChI=1S/C15H20N2O3/c1-3-17-15(2,10-16)7-4-8-18-12-5-6-13-14(9-12)20-11-19-13/h5-6,9,17H,3-4,7-8,11H2,1-2H3. The molecule has 0 saturated heterocycles. The van der Waals surface area contributed by atoms with Crippen LogP contribution in [0.15, 0.2) is 18.2 Å². The maximum Gasteiger partial charge on any atom is 0.231 e. The van der Waals surface area contributed by atoms with E-state index in [1.807, 2.05) is 32.0 Å². The molecule has 2 rings (SSSR count). The Morgan fingerprint density at radius 1 is 1.40 bits per heavy atom. The number of nitrogens with zero attached hydrogens (tertiary/aromatic N) is 1. The van der Waals surface area contributed by atoms with Crippen LogP contribution in [-0.4, -0.2) is 25.5 Å². The number of ether oxygens (including phenoxy) is 3. The highest BCUT2D eigenvalue weighted by molar-refractivity contribution is 5.46. The van der Waals surface area contributed by atoms with Crippen LogP contribution in [0, 0.1) is 11.3 Å². The van der Waals surface area contributed by atoms with E-state index >= 15 is 0 Å². The van der Waals surface area contributed by atoms with E-state index < -0.39 is 5.54 Å². The maximum absolute atomic E-state index is 9.15. The van der Waals surface area contributed by atoms with Gasteiger partial charge < -0.3 is 14.2 Å². The molecule has 20 heavy (non-hydrogen) atoms. The van der Waals surface area contributed by atoms with E-state index in [1.54, 1.807) is 0 Å². The Kier molecular flexibility index (Phi) is 4.70. The summed E-state index contributed by atoms with van der Waals surface area (Å²) in [6, 6.07) is 7.84. The van der Waals surface area contributed by atoms with Gasteiger partial charge in [-0.2, -0.15) is 5.26 Å². The normalized spacial score (nSPS) is 15.4. The van der Waals surface area contributed by atoms with Gasteiger partial charge in [-0.05, 0) is 38.4 Å². The minimum atomic E-state index is -0.479. The molecule has 0 bridgehead atoms. The zero-order chi connectivity index (χ0) is 14.4. The van der Waals surface area contributed by atoms with Gasteiger partial charge in [0.15, 0.2) is 11.5 Å². The lowest BCUT2D eigenvalue weighted by Gasteiger charge is -2.22. The van der Waals surface area contributed by atoms with Crippen LogP contribution in [0.1, 0.15) is 26.7 Å². The van der Waals surface area contributed by atoms with Crippen molar-refractivity contribution < 1.29 is 14.2 Å². The number of nitrogens with one attached hydrogen (secondary N) is 1. The van der Waals surface area contributed by atoms with Gasteiger partial charge in [-0.1, -0.05) is 6.92 Å². The average Bonchev–Trinajstić information content (AvgIpc) is 2.91. The van der Waals surface area contributed by atoms with Gasteiger partial charge in [0.1, 0.15) is 11.3 Å². The van der Waals surface area contributed by atoms with Crippen LogP contribution in [-0.2, 0) is 0 Å². The van der Waals surface area contributed by atoms with Gasteiger partial charge in [0, 0.05) is 6.07 Å². The molecule has 1 atom stereocenters. The Hall–Kier alpha value is -1.93. The molecule has 0 amide bonds. The summed E-state index contributed by atoms with van der Waals surface area (Å²) >= 11 is 0. The number of hydrogen-bond donors (Lipinski definition) is 1. The Morgan fingerprint density at radius 3 is 2.95 bits per heavy atom. The Bertz CT molecular complexity index is 498. The van der Waals surface area contributed by atoms with E-state index in [4.69, 9.17) is 19.5 Å². The van der Waals surface area contributed by atoms with Crippen molar-refractivity contribution in [2.75, 3.05) is 19.9 Å². The van der Waals surface area contributed by atoms with Crippen LogP contribution >= 0.6 is 0 Å². The average molecular weight is 276 g/mol. The van der Waals surface area contributed by atoms with E-state index in [0.717, 1.165) is 36.6 Å².